The number of hydrogen-bond donors (Lipinski definition) is 3. The number of carbonyl (C=O) groups is 1. The zero-order valence-corrected chi connectivity index (χ0v) is 15.2. The number of rotatable bonds is 5. The van der Waals surface area contributed by atoms with Gasteiger partial charge in [-0.15, -0.1) is 0 Å². The topological polar surface area (TPSA) is 104 Å². The fourth-order valence-electron chi connectivity index (χ4n) is 3.27. The third-order valence-corrected chi connectivity index (χ3v) is 4.72. The number of carbonyl (C=O) groups excluding carboxylic acids is 1. The number of nitrogens with zero attached hydrogens (tertiary/aromatic N) is 1. The number of benzene rings is 1. The van der Waals surface area contributed by atoms with E-state index in [4.69, 9.17) is 10.6 Å². The minimum Gasteiger partial charge on any atom is -0.504 e. The predicted molar refractivity (Wildman–Crippen MR) is 99.8 cm³/mol. The molecule has 3 N–H and O–H groups in total. The second kappa shape index (κ2) is 7.43. The van der Waals surface area contributed by atoms with Gasteiger partial charge in [-0.25, -0.2) is 4.79 Å². The largest absolute Gasteiger partial charge is 0.504 e. The quantitative estimate of drug-likeness (QED) is 0.545. The van der Waals surface area contributed by atoms with E-state index in [0.29, 0.717) is 30.2 Å². The summed E-state index contributed by atoms with van der Waals surface area (Å²) in [7, 11) is 0. The van der Waals surface area contributed by atoms with Crippen molar-refractivity contribution in [2.75, 3.05) is 12.4 Å². The van der Waals surface area contributed by atoms with Crippen LogP contribution in [-0.4, -0.2) is 28.0 Å². The lowest BCUT2D eigenvalue weighted by Gasteiger charge is -2.30. The lowest BCUT2D eigenvalue weighted by molar-refractivity contribution is 0.0500. The van der Waals surface area contributed by atoms with Gasteiger partial charge in [-0.05, 0) is 30.5 Å². The molecule has 2 aromatic rings. The maximum atomic E-state index is 12.3. The van der Waals surface area contributed by atoms with Crippen LogP contribution in [0.2, 0.25) is 0 Å². The summed E-state index contributed by atoms with van der Waals surface area (Å²) in [6, 6.07) is 4.80. The van der Waals surface area contributed by atoms with E-state index in [-0.39, 0.29) is 17.4 Å². The van der Waals surface area contributed by atoms with Crippen molar-refractivity contribution < 1.29 is 19.5 Å². The van der Waals surface area contributed by atoms with E-state index in [1.54, 1.807) is 12.1 Å². The van der Waals surface area contributed by atoms with Crippen molar-refractivity contribution in [3.8, 4) is 22.8 Å². The molecule has 8 heteroatoms. The van der Waals surface area contributed by atoms with Crippen molar-refractivity contribution in [2.45, 2.75) is 25.8 Å². The van der Waals surface area contributed by atoms with E-state index in [2.05, 4.69) is 17.5 Å². The highest BCUT2D eigenvalue weighted by Crippen LogP contribution is 2.41. The predicted octanol–water partition coefficient (Wildman–Crippen LogP) is 2.07. The molecule has 26 heavy (non-hydrogen) atoms. The molecule has 0 saturated heterocycles. The average molecular weight is 376 g/mol. The molecule has 0 aliphatic carbocycles. The third kappa shape index (κ3) is 3.17. The van der Waals surface area contributed by atoms with Gasteiger partial charge in [-0.2, -0.15) is 18.5 Å². The number of phenolic OH excluding ortho intramolecular Hbond substituents is 1. The van der Waals surface area contributed by atoms with E-state index < -0.39 is 11.4 Å². The Balaban J connectivity index is 2.16. The summed E-state index contributed by atoms with van der Waals surface area (Å²) in [4.78, 5) is 28.3. The van der Waals surface area contributed by atoms with Gasteiger partial charge in [-0.3, -0.25) is 4.79 Å². The molecule has 2 heterocycles. The first-order valence-corrected chi connectivity index (χ1v) is 8.90. The molecule has 0 amide bonds. The minimum atomic E-state index is -0.871. The zero-order valence-electron chi connectivity index (χ0n) is 14.3. The molecule has 138 valence electrons. The minimum absolute atomic E-state index is 0.00933. The number of pyridine rings is 1. The molecule has 0 saturated carbocycles. The van der Waals surface area contributed by atoms with Crippen LogP contribution >= 0.6 is 12.6 Å². The van der Waals surface area contributed by atoms with Crippen LogP contribution in [0.5, 0.6) is 11.5 Å². The van der Waals surface area contributed by atoms with E-state index in [1.165, 1.54) is 12.3 Å². The average Bonchev–Trinajstić information content (AvgIpc) is 2.65. The summed E-state index contributed by atoms with van der Waals surface area (Å²) in [5.41, 5.74) is 1.74. The summed E-state index contributed by atoms with van der Waals surface area (Å²) < 4.78 is 7.39. The van der Waals surface area contributed by atoms with Crippen molar-refractivity contribution in [1.29, 1.82) is 0 Å². The first-order chi connectivity index (χ1) is 12.5. The van der Waals surface area contributed by atoms with Crippen LogP contribution in [0.1, 0.15) is 35.3 Å². The van der Waals surface area contributed by atoms with Crippen molar-refractivity contribution in [3.05, 3.63) is 45.7 Å². The molecule has 0 spiro atoms. The fraction of sp³-hybridized carbons (Fsp3) is 0.333. The summed E-state index contributed by atoms with van der Waals surface area (Å²) >= 11 is 4.10. The lowest BCUT2D eigenvalue weighted by Crippen LogP contribution is -2.26. The molecule has 1 atom stereocenters. The van der Waals surface area contributed by atoms with E-state index in [1.807, 2.05) is 11.5 Å². The summed E-state index contributed by atoms with van der Waals surface area (Å²) in [6.07, 6.45) is 2.95. The number of phenols is 1. The normalized spacial score (nSPS) is 15.1. The smallest absolute Gasteiger partial charge is 0.362 e. The molecule has 1 unspecified atom stereocenters. The van der Waals surface area contributed by atoms with Gasteiger partial charge < -0.3 is 19.2 Å². The van der Waals surface area contributed by atoms with Crippen molar-refractivity contribution in [2.24, 2.45) is 5.90 Å². The Morgan fingerprint density at radius 2 is 2.19 bits per heavy atom. The molecular weight excluding hydrogens is 356 g/mol. The van der Waals surface area contributed by atoms with E-state index >= 15 is 0 Å². The van der Waals surface area contributed by atoms with E-state index in [9.17, 15) is 14.7 Å². The molecule has 3 rings (SSSR count). The number of fused-ring (bicyclic) bond motifs is 3. The Labute approximate surface area is 155 Å². The lowest BCUT2D eigenvalue weighted by atomic mass is 9.90. The van der Waals surface area contributed by atoms with Crippen LogP contribution in [0.25, 0.3) is 11.3 Å². The SMILES string of the molecule is CCC1Cc2cc(OCCS)c(O)cc2-c2cc(=O)c(C(=O)ON)cn21. The van der Waals surface area contributed by atoms with Gasteiger partial charge in [0.25, 0.3) is 0 Å². The second-order valence-corrected chi connectivity index (χ2v) is 6.51. The van der Waals surface area contributed by atoms with Crippen molar-refractivity contribution >= 4 is 18.6 Å². The first-order valence-electron chi connectivity index (χ1n) is 8.27. The number of hydrogen-bond acceptors (Lipinski definition) is 7. The molecule has 1 aromatic carbocycles. The van der Waals surface area contributed by atoms with Crippen LogP contribution in [0, 0.1) is 0 Å². The maximum absolute atomic E-state index is 12.3. The number of ether oxygens (including phenoxy) is 1. The molecule has 7 nitrogen and oxygen atoms in total. The molecular formula is C18H20N2O5S. The van der Waals surface area contributed by atoms with Crippen LogP contribution in [0.4, 0.5) is 0 Å². The van der Waals surface area contributed by atoms with Gasteiger partial charge in [0.05, 0.1) is 12.3 Å². The van der Waals surface area contributed by atoms with Gasteiger partial charge in [0.2, 0.25) is 0 Å². The summed E-state index contributed by atoms with van der Waals surface area (Å²) in [6.45, 7) is 2.41. The molecule has 1 aromatic heterocycles. The summed E-state index contributed by atoms with van der Waals surface area (Å²) in [5.74, 6) is 4.97. The van der Waals surface area contributed by atoms with Gasteiger partial charge in [-0.1, -0.05) is 6.92 Å². The number of nitrogens with two attached hydrogens (primary N) is 1. The zero-order chi connectivity index (χ0) is 18.8. The molecule has 0 bridgehead atoms. The Bertz CT molecular complexity index is 909. The molecule has 1 aliphatic heterocycles. The van der Waals surface area contributed by atoms with Crippen LogP contribution in [-0.2, 0) is 11.3 Å². The van der Waals surface area contributed by atoms with Crippen molar-refractivity contribution in [3.63, 3.8) is 0 Å². The van der Waals surface area contributed by atoms with Gasteiger partial charge >= 0.3 is 5.97 Å². The van der Waals surface area contributed by atoms with Gasteiger partial charge in [0.15, 0.2) is 16.9 Å². The molecule has 0 fully saturated rings. The fourth-order valence-corrected chi connectivity index (χ4v) is 3.36. The Morgan fingerprint density at radius 3 is 2.85 bits per heavy atom. The van der Waals surface area contributed by atoms with Crippen LogP contribution in [0.15, 0.2) is 29.2 Å². The number of aromatic hydroxyl groups is 1. The van der Waals surface area contributed by atoms with Gasteiger partial charge in [0.1, 0.15) is 5.56 Å². The highest BCUT2D eigenvalue weighted by Gasteiger charge is 2.27. The summed E-state index contributed by atoms with van der Waals surface area (Å²) in [5, 5.41) is 10.3. The monoisotopic (exact) mass is 376 g/mol. The van der Waals surface area contributed by atoms with E-state index in [0.717, 1.165) is 17.5 Å². The first kappa shape index (κ1) is 18.3. The second-order valence-electron chi connectivity index (χ2n) is 6.06. The van der Waals surface area contributed by atoms with Crippen LogP contribution < -0.4 is 16.1 Å². The highest BCUT2D eigenvalue weighted by atomic mass is 32.1. The number of aromatic nitrogens is 1. The molecule has 0 radical (unpaired) electrons. The standard InChI is InChI=1S/C18H20N2O5S/c1-2-11-5-10-6-17(24-3-4-26)16(22)7-12(10)14-8-15(21)13(9-20(11)14)18(23)25-19/h6-9,11,22,26H,2-5,19H2,1H3. The van der Waals surface area contributed by atoms with Crippen molar-refractivity contribution in [1.82, 2.24) is 4.57 Å². The molecule has 1 aliphatic rings. The number of thiol groups is 1. The third-order valence-electron chi connectivity index (χ3n) is 4.54. The Kier molecular flexibility index (Phi) is 5.24. The Morgan fingerprint density at radius 1 is 1.42 bits per heavy atom. The Hall–Kier alpha value is -2.45. The van der Waals surface area contributed by atoms with Gasteiger partial charge in [0, 0.05) is 29.6 Å². The maximum Gasteiger partial charge on any atom is 0.362 e. The highest BCUT2D eigenvalue weighted by molar-refractivity contribution is 7.80. The van der Waals surface area contributed by atoms with Crippen LogP contribution in [0.3, 0.4) is 0 Å².